The molecule has 154 valence electrons. The van der Waals surface area contributed by atoms with Crippen LogP contribution in [0, 0.1) is 0 Å². The van der Waals surface area contributed by atoms with E-state index in [1.807, 2.05) is 67.0 Å². The summed E-state index contributed by atoms with van der Waals surface area (Å²) in [4.78, 5) is 25.0. The van der Waals surface area contributed by atoms with Crippen LogP contribution in [0.25, 0.3) is 11.0 Å². The first-order valence-corrected chi connectivity index (χ1v) is 10.1. The molecule has 0 aliphatic rings. The number of amides is 1. The normalized spacial score (nSPS) is 12.2. The van der Waals surface area contributed by atoms with E-state index in [-0.39, 0.29) is 17.5 Å². The summed E-state index contributed by atoms with van der Waals surface area (Å²) in [6, 6.07) is 17.1. The highest BCUT2D eigenvalue weighted by molar-refractivity contribution is 6.30. The van der Waals surface area contributed by atoms with Crippen molar-refractivity contribution in [1.82, 2.24) is 13.7 Å². The molecular formula is C23H23ClN4O2. The summed E-state index contributed by atoms with van der Waals surface area (Å²) in [5.41, 5.74) is 3.24. The number of aryl methyl sites for hydroxylation is 2. The van der Waals surface area contributed by atoms with Gasteiger partial charge in [0.25, 0.3) is 0 Å². The van der Waals surface area contributed by atoms with E-state index in [2.05, 4.69) is 9.88 Å². The van der Waals surface area contributed by atoms with Gasteiger partial charge in [-0.15, -0.1) is 0 Å². The molecule has 0 saturated heterocycles. The number of aromatic nitrogens is 3. The van der Waals surface area contributed by atoms with Crippen LogP contribution in [0.15, 0.2) is 71.8 Å². The van der Waals surface area contributed by atoms with E-state index >= 15 is 0 Å². The van der Waals surface area contributed by atoms with Gasteiger partial charge in [0.05, 0.1) is 11.0 Å². The SMILES string of the molecule is Cn1c(=O)n(C)c2cc(NC(=O)CC(Cn3cccc3)c3ccc(Cl)cc3)ccc21. The maximum atomic E-state index is 12.9. The van der Waals surface area contributed by atoms with Crippen molar-refractivity contribution < 1.29 is 4.79 Å². The minimum atomic E-state index is -0.0944. The van der Waals surface area contributed by atoms with Crippen LogP contribution in [0.5, 0.6) is 0 Å². The number of imidazole rings is 1. The zero-order chi connectivity index (χ0) is 21.3. The molecule has 0 bridgehead atoms. The van der Waals surface area contributed by atoms with Gasteiger partial charge in [-0.2, -0.15) is 0 Å². The fraction of sp³-hybridized carbons (Fsp3) is 0.217. The number of fused-ring (bicyclic) bond motifs is 1. The van der Waals surface area contributed by atoms with Gasteiger partial charge >= 0.3 is 5.69 Å². The van der Waals surface area contributed by atoms with E-state index in [9.17, 15) is 9.59 Å². The molecule has 0 aliphatic carbocycles. The van der Waals surface area contributed by atoms with Crippen molar-refractivity contribution in [3.8, 4) is 0 Å². The third-order valence-corrected chi connectivity index (χ3v) is 5.68. The third kappa shape index (κ3) is 4.04. The van der Waals surface area contributed by atoms with Crippen molar-refractivity contribution in [3.05, 3.63) is 88.1 Å². The molecule has 2 aromatic heterocycles. The van der Waals surface area contributed by atoms with Crippen LogP contribution >= 0.6 is 11.6 Å². The second-order valence-electron chi connectivity index (χ2n) is 7.48. The molecule has 1 N–H and O–H groups in total. The lowest BCUT2D eigenvalue weighted by Gasteiger charge is -2.18. The van der Waals surface area contributed by atoms with Gasteiger partial charge in [-0.1, -0.05) is 23.7 Å². The number of nitrogens with one attached hydrogen (secondary N) is 1. The highest BCUT2D eigenvalue weighted by Crippen LogP contribution is 2.25. The van der Waals surface area contributed by atoms with E-state index < -0.39 is 0 Å². The van der Waals surface area contributed by atoms with Crippen LogP contribution in [-0.2, 0) is 25.4 Å². The summed E-state index contributed by atoms with van der Waals surface area (Å²) >= 11 is 6.04. The van der Waals surface area contributed by atoms with E-state index in [0.29, 0.717) is 23.7 Å². The smallest absolute Gasteiger partial charge is 0.328 e. The average molecular weight is 423 g/mol. The predicted molar refractivity (Wildman–Crippen MR) is 120 cm³/mol. The summed E-state index contributed by atoms with van der Waals surface area (Å²) in [6.07, 6.45) is 4.31. The first kappa shape index (κ1) is 20.0. The molecule has 2 heterocycles. The molecule has 6 nitrogen and oxygen atoms in total. The van der Waals surface area contributed by atoms with Crippen LogP contribution in [0.4, 0.5) is 5.69 Å². The Morgan fingerprint density at radius 1 is 1.00 bits per heavy atom. The standard InChI is InChI=1S/C23H23ClN4O2/c1-26-20-10-9-19(14-21(20)27(2)23(26)30)25-22(29)13-17(15-28-11-3-4-12-28)16-5-7-18(24)8-6-16/h3-12,14,17H,13,15H2,1-2H3,(H,25,29). The summed E-state index contributed by atoms with van der Waals surface area (Å²) in [5, 5.41) is 3.65. The summed E-state index contributed by atoms with van der Waals surface area (Å²) < 4.78 is 5.24. The number of carbonyl (C=O) groups excluding carboxylic acids is 1. The monoisotopic (exact) mass is 422 g/mol. The molecule has 7 heteroatoms. The van der Waals surface area contributed by atoms with E-state index in [1.165, 1.54) is 0 Å². The Balaban J connectivity index is 1.55. The average Bonchev–Trinajstić information content (AvgIpc) is 3.31. The van der Waals surface area contributed by atoms with E-state index in [1.54, 1.807) is 23.2 Å². The number of rotatable bonds is 6. The molecular weight excluding hydrogens is 400 g/mol. The minimum Gasteiger partial charge on any atom is -0.354 e. The van der Waals surface area contributed by atoms with Gasteiger partial charge in [0.1, 0.15) is 0 Å². The molecule has 0 fully saturated rings. The maximum Gasteiger partial charge on any atom is 0.328 e. The van der Waals surface area contributed by atoms with Crippen LogP contribution in [-0.4, -0.2) is 19.6 Å². The second-order valence-corrected chi connectivity index (χ2v) is 7.92. The summed E-state index contributed by atoms with van der Waals surface area (Å²) in [6.45, 7) is 0.689. The number of anilines is 1. The van der Waals surface area contributed by atoms with Crippen LogP contribution < -0.4 is 11.0 Å². The van der Waals surface area contributed by atoms with Gasteiger partial charge in [0.15, 0.2) is 0 Å². The van der Waals surface area contributed by atoms with Gasteiger partial charge in [-0.25, -0.2) is 4.79 Å². The Bertz CT molecular complexity index is 1240. The first-order chi connectivity index (χ1) is 14.4. The number of carbonyl (C=O) groups is 1. The fourth-order valence-corrected chi connectivity index (χ4v) is 3.92. The first-order valence-electron chi connectivity index (χ1n) is 9.74. The molecule has 0 aliphatic heterocycles. The topological polar surface area (TPSA) is 61.0 Å². The molecule has 1 atom stereocenters. The second kappa shape index (κ2) is 8.24. The Morgan fingerprint density at radius 3 is 2.37 bits per heavy atom. The summed E-state index contributed by atoms with van der Waals surface area (Å²) in [5.74, 6) is -0.0816. The molecule has 0 spiro atoms. The van der Waals surface area contributed by atoms with Crippen molar-refractivity contribution in [2.75, 3.05) is 5.32 Å². The van der Waals surface area contributed by atoms with E-state index in [4.69, 9.17) is 11.6 Å². The van der Waals surface area contributed by atoms with Crippen molar-refractivity contribution >= 4 is 34.2 Å². The highest BCUT2D eigenvalue weighted by Gasteiger charge is 2.18. The molecule has 4 aromatic rings. The lowest BCUT2D eigenvalue weighted by atomic mass is 9.95. The number of nitrogens with zero attached hydrogens (tertiary/aromatic N) is 3. The van der Waals surface area contributed by atoms with Crippen molar-refractivity contribution in [3.63, 3.8) is 0 Å². The Morgan fingerprint density at radius 2 is 1.67 bits per heavy atom. The highest BCUT2D eigenvalue weighted by atomic mass is 35.5. The van der Waals surface area contributed by atoms with Gasteiger partial charge in [0.2, 0.25) is 5.91 Å². The van der Waals surface area contributed by atoms with Crippen molar-refractivity contribution in [1.29, 1.82) is 0 Å². The molecule has 0 saturated carbocycles. The van der Waals surface area contributed by atoms with E-state index in [0.717, 1.165) is 16.6 Å². The van der Waals surface area contributed by atoms with Gasteiger partial charge in [-0.3, -0.25) is 13.9 Å². The Kier molecular flexibility index (Phi) is 5.50. The van der Waals surface area contributed by atoms with Crippen LogP contribution in [0.3, 0.4) is 0 Å². The molecule has 2 aromatic carbocycles. The zero-order valence-corrected chi connectivity index (χ0v) is 17.6. The largest absolute Gasteiger partial charge is 0.354 e. The number of benzene rings is 2. The third-order valence-electron chi connectivity index (χ3n) is 5.43. The number of hydrogen-bond acceptors (Lipinski definition) is 2. The molecule has 30 heavy (non-hydrogen) atoms. The van der Waals surface area contributed by atoms with Crippen LogP contribution in [0.1, 0.15) is 17.9 Å². The van der Waals surface area contributed by atoms with Gasteiger partial charge < -0.3 is 9.88 Å². The van der Waals surface area contributed by atoms with Gasteiger partial charge in [-0.05, 0) is 48.0 Å². The van der Waals surface area contributed by atoms with Crippen LogP contribution in [0.2, 0.25) is 5.02 Å². The molecule has 1 unspecified atom stereocenters. The lowest BCUT2D eigenvalue weighted by molar-refractivity contribution is -0.116. The molecule has 1 amide bonds. The zero-order valence-electron chi connectivity index (χ0n) is 16.9. The maximum absolute atomic E-state index is 12.9. The minimum absolute atomic E-state index is 0.000483. The number of hydrogen-bond donors (Lipinski definition) is 1. The quantitative estimate of drug-likeness (QED) is 0.507. The predicted octanol–water partition coefficient (Wildman–Crippen LogP) is 4.14. The number of halogens is 1. The van der Waals surface area contributed by atoms with Crippen molar-refractivity contribution in [2.45, 2.75) is 18.9 Å². The summed E-state index contributed by atoms with van der Waals surface area (Å²) in [7, 11) is 3.46. The Labute approximate surface area is 179 Å². The molecule has 0 radical (unpaired) electrons. The van der Waals surface area contributed by atoms with Crippen molar-refractivity contribution in [2.24, 2.45) is 14.1 Å². The fourth-order valence-electron chi connectivity index (χ4n) is 3.79. The van der Waals surface area contributed by atoms with Gasteiger partial charge in [0, 0.05) is 56.1 Å². The lowest BCUT2D eigenvalue weighted by Crippen LogP contribution is -2.19. The Hall–Kier alpha value is -3.25. The molecule has 4 rings (SSSR count).